The lowest BCUT2D eigenvalue weighted by atomic mass is 10.4. The van der Waals surface area contributed by atoms with Gasteiger partial charge in [-0.15, -0.1) is 0 Å². The van der Waals surface area contributed by atoms with Crippen LogP contribution in [-0.2, 0) is 7.05 Å². The molecule has 1 aromatic rings. The fraction of sp³-hybridized carbons (Fsp3) is 0.167. The van der Waals surface area contributed by atoms with Crippen LogP contribution in [0.25, 0.3) is 0 Å². The van der Waals surface area contributed by atoms with Gasteiger partial charge in [0.15, 0.2) is 0 Å². The van der Waals surface area contributed by atoms with Gasteiger partial charge in [-0.3, -0.25) is 14.9 Å². The Balaban J connectivity index is 3.43. The SMILES string of the molecule is Cn1cc([N+](=O)[O-])c(O)cc1=O. The quantitative estimate of drug-likeness (QED) is 0.474. The van der Waals surface area contributed by atoms with E-state index in [9.17, 15) is 14.9 Å². The second-order valence-electron chi connectivity index (χ2n) is 2.25. The molecular weight excluding hydrogens is 164 g/mol. The van der Waals surface area contributed by atoms with Crippen LogP contribution in [0.15, 0.2) is 17.1 Å². The van der Waals surface area contributed by atoms with E-state index in [1.165, 1.54) is 7.05 Å². The van der Waals surface area contributed by atoms with Gasteiger partial charge in [-0.05, 0) is 0 Å². The fourth-order valence-corrected chi connectivity index (χ4v) is 0.747. The Labute approximate surface area is 66.8 Å². The molecule has 0 saturated carbocycles. The summed E-state index contributed by atoms with van der Waals surface area (Å²) in [5.41, 5.74) is -0.963. The standard InChI is InChI=1S/C6H6N2O4/c1-7-3-4(8(11)12)5(9)2-6(7)10/h2-3,9H,1H3. The van der Waals surface area contributed by atoms with E-state index in [-0.39, 0.29) is 0 Å². The van der Waals surface area contributed by atoms with Crippen LogP contribution < -0.4 is 5.56 Å². The molecule has 0 bridgehead atoms. The van der Waals surface area contributed by atoms with Crippen LogP contribution in [0.1, 0.15) is 0 Å². The molecule has 1 aromatic heterocycles. The van der Waals surface area contributed by atoms with Gasteiger partial charge in [0.1, 0.15) is 0 Å². The van der Waals surface area contributed by atoms with Gasteiger partial charge in [0.25, 0.3) is 5.56 Å². The average Bonchev–Trinajstić information content (AvgIpc) is 1.96. The maximum Gasteiger partial charge on any atom is 0.326 e. The second-order valence-corrected chi connectivity index (χ2v) is 2.25. The molecule has 0 fully saturated rings. The Morgan fingerprint density at radius 1 is 1.67 bits per heavy atom. The smallest absolute Gasteiger partial charge is 0.326 e. The summed E-state index contributed by atoms with van der Waals surface area (Å²) in [7, 11) is 1.37. The molecule has 6 nitrogen and oxygen atoms in total. The number of nitrogens with zero attached hydrogens (tertiary/aromatic N) is 2. The van der Waals surface area contributed by atoms with Crippen LogP contribution in [0.2, 0.25) is 0 Å². The van der Waals surface area contributed by atoms with Crippen LogP contribution >= 0.6 is 0 Å². The van der Waals surface area contributed by atoms with Crippen molar-refractivity contribution >= 4 is 5.69 Å². The molecule has 0 aliphatic rings. The van der Waals surface area contributed by atoms with E-state index >= 15 is 0 Å². The van der Waals surface area contributed by atoms with Crippen molar-refractivity contribution < 1.29 is 10.0 Å². The summed E-state index contributed by atoms with van der Waals surface area (Å²) >= 11 is 0. The first-order valence-corrected chi connectivity index (χ1v) is 3.06. The summed E-state index contributed by atoms with van der Waals surface area (Å²) in [5, 5.41) is 19.1. The fourth-order valence-electron chi connectivity index (χ4n) is 0.747. The first kappa shape index (κ1) is 8.25. The Bertz CT molecular complexity index is 382. The minimum Gasteiger partial charge on any atom is -0.502 e. The average molecular weight is 170 g/mol. The van der Waals surface area contributed by atoms with E-state index in [1.54, 1.807) is 0 Å². The molecule has 0 atom stereocenters. The van der Waals surface area contributed by atoms with Crippen LogP contribution in [0.3, 0.4) is 0 Å². The molecule has 0 aliphatic heterocycles. The predicted octanol–water partition coefficient (Wildman–Crippen LogP) is -0.000900. The lowest BCUT2D eigenvalue weighted by Crippen LogP contribution is -2.14. The van der Waals surface area contributed by atoms with Gasteiger partial charge in [0.2, 0.25) is 5.75 Å². The van der Waals surface area contributed by atoms with Gasteiger partial charge in [0, 0.05) is 7.05 Å². The lowest BCUT2D eigenvalue weighted by Gasteiger charge is -1.97. The van der Waals surface area contributed by atoms with E-state index in [0.29, 0.717) is 0 Å². The van der Waals surface area contributed by atoms with Gasteiger partial charge in [0.05, 0.1) is 17.2 Å². The van der Waals surface area contributed by atoms with Crippen molar-refractivity contribution in [3.63, 3.8) is 0 Å². The number of aromatic hydroxyl groups is 1. The van der Waals surface area contributed by atoms with Crippen LogP contribution in [0.4, 0.5) is 5.69 Å². The monoisotopic (exact) mass is 170 g/mol. The molecule has 0 aromatic carbocycles. The summed E-state index contributed by atoms with van der Waals surface area (Å²) in [6.45, 7) is 0. The number of aromatic nitrogens is 1. The largest absolute Gasteiger partial charge is 0.502 e. The summed E-state index contributed by atoms with van der Waals surface area (Å²) in [6, 6.07) is 0.804. The summed E-state index contributed by atoms with van der Waals surface area (Å²) < 4.78 is 1.03. The van der Waals surface area contributed by atoms with Crippen molar-refractivity contribution in [2.75, 3.05) is 0 Å². The molecule has 0 saturated heterocycles. The van der Waals surface area contributed by atoms with Crippen molar-refractivity contribution in [2.45, 2.75) is 0 Å². The topological polar surface area (TPSA) is 85.4 Å². The summed E-state index contributed by atoms with van der Waals surface area (Å²) in [4.78, 5) is 20.3. The van der Waals surface area contributed by atoms with Crippen molar-refractivity contribution in [1.82, 2.24) is 4.57 Å². The third kappa shape index (κ3) is 1.26. The number of aryl methyl sites for hydroxylation is 1. The number of pyridine rings is 1. The second kappa shape index (κ2) is 2.65. The number of nitro groups is 1. The van der Waals surface area contributed by atoms with Crippen molar-refractivity contribution in [1.29, 1.82) is 0 Å². The molecule has 0 amide bonds. The zero-order valence-electron chi connectivity index (χ0n) is 6.22. The lowest BCUT2D eigenvalue weighted by molar-refractivity contribution is -0.386. The third-order valence-corrected chi connectivity index (χ3v) is 1.38. The Hall–Kier alpha value is -1.85. The highest BCUT2D eigenvalue weighted by molar-refractivity contribution is 5.41. The predicted molar refractivity (Wildman–Crippen MR) is 40.0 cm³/mol. The Morgan fingerprint density at radius 2 is 2.25 bits per heavy atom. The molecule has 1 heterocycles. The Morgan fingerprint density at radius 3 is 2.75 bits per heavy atom. The van der Waals surface area contributed by atoms with E-state index < -0.39 is 21.9 Å². The van der Waals surface area contributed by atoms with Crippen molar-refractivity contribution in [3.8, 4) is 5.75 Å². The Kier molecular flexibility index (Phi) is 1.82. The number of rotatable bonds is 1. The summed E-state index contributed by atoms with van der Waals surface area (Å²) in [6.07, 6.45) is 0.970. The van der Waals surface area contributed by atoms with Gasteiger partial charge in [-0.2, -0.15) is 0 Å². The molecule has 1 N–H and O–H groups in total. The zero-order valence-corrected chi connectivity index (χ0v) is 6.22. The van der Waals surface area contributed by atoms with Crippen LogP contribution in [-0.4, -0.2) is 14.6 Å². The van der Waals surface area contributed by atoms with Gasteiger partial charge in [-0.25, -0.2) is 0 Å². The van der Waals surface area contributed by atoms with E-state index in [0.717, 1.165) is 16.8 Å². The van der Waals surface area contributed by atoms with Gasteiger partial charge >= 0.3 is 5.69 Å². The van der Waals surface area contributed by atoms with Crippen molar-refractivity contribution in [3.05, 3.63) is 32.7 Å². The molecule has 0 radical (unpaired) electrons. The van der Waals surface area contributed by atoms with E-state index in [2.05, 4.69) is 0 Å². The normalized spacial score (nSPS) is 9.75. The minimum atomic E-state index is -0.755. The highest BCUT2D eigenvalue weighted by Gasteiger charge is 2.13. The van der Waals surface area contributed by atoms with Gasteiger partial charge in [-0.1, -0.05) is 0 Å². The highest BCUT2D eigenvalue weighted by atomic mass is 16.6. The molecule has 0 spiro atoms. The van der Waals surface area contributed by atoms with E-state index in [1.807, 2.05) is 0 Å². The van der Waals surface area contributed by atoms with Crippen molar-refractivity contribution in [2.24, 2.45) is 7.05 Å². The first-order valence-electron chi connectivity index (χ1n) is 3.06. The molecule has 64 valence electrons. The molecule has 0 aliphatic carbocycles. The summed E-state index contributed by atoms with van der Waals surface area (Å²) in [5.74, 6) is -0.608. The zero-order chi connectivity index (χ0) is 9.30. The highest BCUT2D eigenvalue weighted by Crippen LogP contribution is 2.21. The molecule has 0 unspecified atom stereocenters. The molecule has 1 rings (SSSR count). The maximum atomic E-state index is 10.8. The van der Waals surface area contributed by atoms with Crippen LogP contribution in [0, 0.1) is 10.1 Å². The third-order valence-electron chi connectivity index (χ3n) is 1.38. The van der Waals surface area contributed by atoms with Crippen LogP contribution in [0.5, 0.6) is 5.75 Å². The minimum absolute atomic E-state index is 0.475. The number of hydrogen-bond donors (Lipinski definition) is 1. The van der Waals surface area contributed by atoms with E-state index in [4.69, 9.17) is 5.11 Å². The molecule has 12 heavy (non-hydrogen) atoms. The molecular formula is C6H6N2O4. The maximum absolute atomic E-state index is 10.8. The van der Waals surface area contributed by atoms with Gasteiger partial charge < -0.3 is 9.67 Å². The first-order chi connectivity index (χ1) is 5.52. The number of hydrogen-bond acceptors (Lipinski definition) is 4. The molecule has 6 heteroatoms.